The number of carbonyl (C=O) groups is 1. The number of hydrogen-bond acceptors (Lipinski definition) is 2. The Morgan fingerprint density at radius 3 is 2.65 bits per heavy atom. The normalized spacial score (nSPS) is 10.5. The Balaban J connectivity index is 1.84. The molecule has 0 saturated carbocycles. The van der Waals surface area contributed by atoms with Crippen LogP contribution in [0.2, 0.25) is 0 Å². The van der Waals surface area contributed by atoms with E-state index in [9.17, 15) is 14.0 Å². The number of aryl methyl sites for hydroxylation is 1. The number of halogens is 1. The maximum Gasteiger partial charge on any atom is 0.257 e. The molecule has 4 nitrogen and oxygen atoms in total. The van der Waals surface area contributed by atoms with Gasteiger partial charge in [0, 0.05) is 18.0 Å². The van der Waals surface area contributed by atoms with E-state index in [4.69, 9.17) is 0 Å². The SMILES string of the molecule is CCc1ccccc1NC(=O)c1ccc(=O)n(Cc2cccc(F)c2)c1. The van der Waals surface area contributed by atoms with Gasteiger partial charge in [-0.2, -0.15) is 0 Å². The Hall–Kier alpha value is -3.21. The van der Waals surface area contributed by atoms with Gasteiger partial charge in [0.1, 0.15) is 5.82 Å². The standard InChI is InChI=1S/C21H19FN2O2/c1-2-16-7-3-4-9-19(16)23-21(26)17-10-11-20(25)24(14-17)13-15-6-5-8-18(22)12-15/h3-12,14H,2,13H2,1H3,(H,23,26). The van der Waals surface area contributed by atoms with Gasteiger partial charge in [-0.25, -0.2) is 4.39 Å². The fraction of sp³-hybridized carbons (Fsp3) is 0.143. The highest BCUT2D eigenvalue weighted by molar-refractivity contribution is 6.04. The van der Waals surface area contributed by atoms with Gasteiger partial charge in [-0.1, -0.05) is 37.3 Å². The van der Waals surface area contributed by atoms with Crippen molar-refractivity contribution in [2.75, 3.05) is 5.32 Å². The number of nitrogens with one attached hydrogen (secondary N) is 1. The zero-order valence-electron chi connectivity index (χ0n) is 14.4. The molecule has 0 unspecified atom stereocenters. The van der Waals surface area contributed by atoms with Gasteiger partial charge in [0.25, 0.3) is 11.5 Å². The van der Waals surface area contributed by atoms with Crippen LogP contribution in [-0.2, 0) is 13.0 Å². The van der Waals surface area contributed by atoms with Gasteiger partial charge in [-0.15, -0.1) is 0 Å². The molecule has 0 aliphatic carbocycles. The highest BCUT2D eigenvalue weighted by Gasteiger charge is 2.10. The topological polar surface area (TPSA) is 51.1 Å². The molecule has 0 saturated heterocycles. The van der Waals surface area contributed by atoms with Crippen LogP contribution in [0.15, 0.2) is 71.7 Å². The van der Waals surface area contributed by atoms with Crippen LogP contribution >= 0.6 is 0 Å². The molecule has 2 aromatic carbocycles. The smallest absolute Gasteiger partial charge is 0.257 e. The van der Waals surface area contributed by atoms with E-state index in [1.54, 1.807) is 12.1 Å². The lowest BCUT2D eigenvalue weighted by Crippen LogP contribution is -2.22. The van der Waals surface area contributed by atoms with Gasteiger partial charge in [-0.3, -0.25) is 9.59 Å². The van der Waals surface area contributed by atoms with Gasteiger partial charge in [0.15, 0.2) is 0 Å². The molecule has 0 fully saturated rings. The molecule has 26 heavy (non-hydrogen) atoms. The molecule has 3 aromatic rings. The first-order valence-corrected chi connectivity index (χ1v) is 8.41. The quantitative estimate of drug-likeness (QED) is 0.760. The summed E-state index contributed by atoms with van der Waals surface area (Å²) in [5.41, 5.74) is 2.56. The van der Waals surface area contributed by atoms with Crippen LogP contribution in [-0.4, -0.2) is 10.5 Å². The summed E-state index contributed by atoms with van der Waals surface area (Å²) >= 11 is 0. The van der Waals surface area contributed by atoms with Crippen molar-refractivity contribution in [3.63, 3.8) is 0 Å². The number of aromatic nitrogens is 1. The van der Waals surface area contributed by atoms with Crippen LogP contribution in [0.4, 0.5) is 10.1 Å². The van der Waals surface area contributed by atoms with Crippen molar-refractivity contribution in [1.82, 2.24) is 4.57 Å². The zero-order valence-corrected chi connectivity index (χ0v) is 14.4. The predicted molar refractivity (Wildman–Crippen MR) is 100.0 cm³/mol. The minimum absolute atomic E-state index is 0.198. The lowest BCUT2D eigenvalue weighted by molar-refractivity contribution is 0.102. The molecule has 5 heteroatoms. The summed E-state index contributed by atoms with van der Waals surface area (Å²) in [6.45, 7) is 2.22. The van der Waals surface area contributed by atoms with Crippen molar-refractivity contribution in [3.05, 3.63) is 99.7 Å². The van der Waals surface area contributed by atoms with Gasteiger partial charge < -0.3 is 9.88 Å². The summed E-state index contributed by atoms with van der Waals surface area (Å²) in [5.74, 6) is -0.653. The lowest BCUT2D eigenvalue weighted by Gasteiger charge is -2.11. The molecule has 3 rings (SSSR count). The monoisotopic (exact) mass is 350 g/mol. The summed E-state index contributed by atoms with van der Waals surface area (Å²) in [6, 6.07) is 16.5. The second-order valence-electron chi connectivity index (χ2n) is 5.98. The van der Waals surface area contributed by atoms with E-state index < -0.39 is 0 Å². The molecule has 1 amide bonds. The molecular weight excluding hydrogens is 331 g/mol. The Morgan fingerprint density at radius 1 is 1.08 bits per heavy atom. The molecule has 0 aliphatic rings. The van der Waals surface area contributed by atoms with Crippen molar-refractivity contribution in [3.8, 4) is 0 Å². The molecule has 132 valence electrons. The van der Waals surface area contributed by atoms with Crippen LogP contribution in [0.3, 0.4) is 0 Å². The Labute approximate surface area is 150 Å². The molecule has 0 bridgehead atoms. The summed E-state index contributed by atoms with van der Waals surface area (Å²) < 4.78 is 14.7. The maximum atomic E-state index is 13.3. The lowest BCUT2D eigenvalue weighted by atomic mass is 10.1. The highest BCUT2D eigenvalue weighted by atomic mass is 19.1. The largest absolute Gasteiger partial charge is 0.322 e. The number of pyridine rings is 1. The molecule has 0 aliphatic heterocycles. The summed E-state index contributed by atoms with van der Waals surface area (Å²) in [6.07, 6.45) is 2.30. The molecule has 1 heterocycles. The Morgan fingerprint density at radius 2 is 1.88 bits per heavy atom. The van der Waals surface area contributed by atoms with Crippen molar-refractivity contribution in [2.24, 2.45) is 0 Å². The molecule has 1 aromatic heterocycles. The fourth-order valence-electron chi connectivity index (χ4n) is 2.77. The van der Waals surface area contributed by atoms with Crippen LogP contribution in [0, 0.1) is 5.82 Å². The number of carbonyl (C=O) groups excluding carboxylic acids is 1. The first-order chi connectivity index (χ1) is 12.6. The summed E-state index contributed by atoms with van der Waals surface area (Å²) in [5, 5.41) is 2.88. The number of hydrogen-bond donors (Lipinski definition) is 1. The van der Waals surface area contributed by atoms with Crippen molar-refractivity contribution in [1.29, 1.82) is 0 Å². The molecule has 1 N–H and O–H groups in total. The number of amides is 1. The van der Waals surface area contributed by atoms with Gasteiger partial charge in [0.2, 0.25) is 0 Å². The third-order valence-electron chi connectivity index (χ3n) is 4.13. The minimum Gasteiger partial charge on any atom is -0.322 e. The third kappa shape index (κ3) is 4.06. The summed E-state index contributed by atoms with van der Waals surface area (Å²) in [7, 11) is 0. The number of anilines is 1. The number of benzene rings is 2. The summed E-state index contributed by atoms with van der Waals surface area (Å²) in [4.78, 5) is 24.6. The minimum atomic E-state index is -0.361. The van der Waals surface area contributed by atoms with Crippen molar-refractivity contribution in [2.45, 2.75) is 19.9 Å². The number of para-hydroxylation sites is 1. The second-order valence-corrected chi connectivity index (χ2v) is 5.98. The van der Waals surface area contributed by atoms with Crippen molar-refractivity contribution >= 4 is 11.6 Å². The van der Waals surface area contributed by atoms with Gasteiger partial charge in [0.05, 0.1) is 12.1 Å². The Kier molecular flexibility index (Phi) is 5.27. The molecule has 0 atom stereocenters. The van der Waals surface area contributed by atoms with E-state index in [0.717, 1.165) is 17.7 Å². The van der Waals surface area contributed by atoms with Crippen LogP contribution in [0.5, 0.6) is 0 Å². The second kappa shape index (κ2) is 7.78. The molecule has 0 spiro atoms. The molecular formula is C21H19FN2O2. The van der Waals surface area contributed by atoms with E-state index in [0.29, 0.717) is 11.1 Å². The first kappa shape index (κ1) is 17.6. The van der Waals surface area contributed by atoms with E-state index >= 15 is 0 Å². The Bertz CT molecular complexity index is 995. The molecule has 0 radical (unpaired) electrons. The number of nitrogens with zero attached hydrogens (tertiary/aromatic N) is 1. The average Bonchev–Trinajstić information content (AvgIpc) is 2.64. The van der Waals surface area contributed by atoms with E-state index in [1.807, 2.05) is 31.2 Å². The zero-order chi connectivity index (χ0) is 18.5. The first-order valence-electron chi connectivity index (χ1n) is 8.41. The van der Waals surface area contributed by atoms with E-state index in [2.05, 4.69) is 5.32 Å². The van der Waals surface area contributed by atoms with Gasteiger partial charge in [-0.05, 0) is 41.8 Å². The van der Waals surface area contributed by atoms with Crippen LogP contribution < -0.4 is 10.9 Å². The van der Waals surface area contributed by atoms with E-state index in [-0.39, 0.29) is 23.8 Å². The maximum absolute atomic E-state index is 13.3. The van der Waals surface area contributed by atoms with Crippen molar-refractivity contribution < 1.29 is 9.18 Å². The van der Waals surface area contributed by atoms with Crippen LogP contribution in [0.25, 0.3) is 0 Å². The predicted octanol–water partition coefficient (Wildman–Crippen LogP) is 3.85. The van der Waals surface area contributed by atoms with Gasteiger partial charge >= 0.3 is 0 Å². The van der Waals surface area contributed by atoms with Crippen LogP contribution in [0.1, 0.15) is 28.4 Å². The highest BCUT2D eigenvalue weighted by Crippen LogP contribution is 2.16. The average molecular weight is 350 g/mol. The number of rotatable bonds is 5. The fourth-order valence-corrected chi connectivity index (χ4v) is 2.77. The van der Waals surface area contributed by atoms with E-state index in [1.165, 1.54) is 35.0 Å². The third-order valence-corrected chi connectivity index (χ3v) is 4.13.